The number of phenolic OH excluding ortho intramolecular Hbond substituents is 1. The second-order valence-corrected chi connectivity index (χ2v) is 4.47. The highest BCUT2D eigenvalue weighted by Gasteiger charge is 2.21. The molecule has 16 heavy (non-hydrogen) atoms. The Kier molecular flexibility index (Phi) is 3.78. The molecule has 1 aliphatic heterocycles. The van der Waals surface area contributed by atoms with E-state index in [1.54, 1.807) is 24.3 Å². The van der Waals surface area contributed by atoms with Crippen LogP contribution in [0.2, 0.25) is 0 Å². The molecule has 0 aliphatic carbocycles. The summed E-state index contributed by atoms with van der Waals surface area (Å²) in [6.07, 6.45) is 1.66. The van der Waals surface area contributed by atoms with Gasteiger partial charge in [0.05, 0.1) is 0 Å². The van der Waals surface area contributed by atoms with E-state index in [4.69, 9.17) is 0 Å². The van der Waals surface area contributed by atoms with Crippen LogP contribution in [0.25, 0.3) is 0 Å². The fourth-order valence-corrected chi connectivity index (χ4v) is 2.30. The number of para-hydroxylation sites is 1. The van der Waals surface area contributed by atoms with Crippen LogP contribution < -0.4 is 5.32 Å². The van der Waals surface area contributed by atoms with Crippen LogP contribution in [0.15, 0.2) is 24.3 Å². The van der Waals surface area contributed by atoms with Gasteiger partial charge in [-0.05, 0) is 44.3 Å². The number of hydrogen-bond acceptors (Lipinski definition) is 2. The van der Waals surface area contributed by atoms with Crippen LogP contribution in [-0.2, 0) is 0 Å². The molecule has 88 valence electrons. The van der Waals surface area contributed by atoms with E-state index in [-0.39, 0.29) is 5.75 Å². The van der Waals surface area contributed by atoms with E-state index in [2.05, 4.69) is 5.32 Å². The molecule has 0 saturated carbocycles. The summed E-state index contributed by atoms with van der Waals surface area (Å²) in [7, 11) is 0. The van der Waals surface area contributed by atoms with Gasteiger partial charge in [0.25, 0.3) is 0 Å². The fraction of sp³-hybridized carbons (Fsp3) is 0.538. The second-order valence-electron chi connectivity index (χ2n) is 4.47. The molecule has 2 unspecified atom stereocenters. The lowest BCUT2D eigenvalue weighted by atomic mass is 9.91. The van der Waals surface area contributed by atoms with Crippen molar-refractivity contribution >= 4 is 0 Å². The van der Waals surface area contributed by atoms with Crippen molar-refractivity contribution in [3.8, 4) is 5.75 Å². The van der Waals surface area contributed by atoms with Gasteiger partial charge in [-0.2, -0.15) is 0 Å². The summed E-state index contributed by atoms with van der Waals surface area (Å²) in [5.41, 5.74) is 0.424. The molecule has 2 N–H and O–H groups in total. The zero-order valence-electron chi connectivity index (χ0n) is 9.32. The van der Waals surface area contributed by atoms with Crippen LogP contribution in [0.1, 0.15) is 31.0 Å². The van der Waals surface area contributed by atoms with Crippen LogP contribution in [0.3, 0.4) is 0 Å². The summed E-state index contributed by atoms with van der Waals surface area (Å²) in [5.74, 6) is 0.460. The van der Waals surface area contributed by atoms with Crippen molar-refractivity contribution in [3.05, 3.63) is 29.8 Å². The Morgan fingerprint density at radius 2 is 2.25 bits per heavy atom. The van der Waals surface area contributed by atoms with Gasteiger partial charge in [-0.1, -0.05) is 18.2 Å². The van der Waals surface area contributed by atoms with Crippen molar-refractivity contribution in [3.63, 3.8) is 0 Å². The summed E-state index contributed by atoms with van der Waals surface area (Å²) in [6.45, 7) is 1.94. The number of hydrogen-bond donors (Lipinski definition) is 2. The van der Waals surface area contributed by atoms with Gasteiger partial charge in [-0.3, -0.25) is 0 Å². The summed E-state index contributed by atoms with van der Waals surface area (Å²) < 4.78 is 14.0. The van der Waals surface area contributed by atoms with E-state index in [0.29, 0.717) is 17.9 Å². The first kappa shape index (κ1) is 11.4. The van der Waals surface area contributed by atoms with Crippen LogP contribution in [-0.4, -0.2) is 18.2 Å². The highest BCUT2D eigenvalue weighted by molar-refractivity contribution is 5.33. The van der Waals surface area contributed by atoms with E-state index in [1.165, 1.54) is 0 Å². The monoisotopic (exact) mass is 223 g/mol. The Morgan fingerprint density at radius 1 is 1.44 bits per heavy atom. The Morgan fingerprint density at radius 3 is 2.94 bits per heavy atom. The molecule has 2 rings (SSSR count). The summed E-state index contributed by atoms with van der Waals surface area (Å²) in [5, 5.41) is 12.8. The summed E-state index contributed by atoms with van der Waals surface area (Å²) >= 11 is 0. The number of nitrogens with one attached hydrogen (secondary N) is 1. The first-order valence-corrected chi connectivity index (χ1v) is 5.90. The maximum absolute atomic E-state index is 14.0. The van der Waals surface area contributed by atoms with Crippen molar-refractivity contribution in [2.45, 2.75) is 25.4 Å². The topological polar surface area (TPSA) is 32.3 Å². The minimum atomic E-state index is -1.05. The lowest BCUT2D eigenvalue weighted by Crippen LogP contribution is -2.30. The molecule has 1 aliphatic rings. The van der Waals surface area contributed by atoms with Gasteiger partial charge < -0.3 is 10.4 Å². The highest BCUT2D eigenvalue weighted by atomic mass is 19.1. The smallest absolute Gasteiger partial charge is 0.129 e. The summed E-state index contributed by atoms with van der Waals surface area (Å²) in [4.78, 5) is 0. The van der Waals surface area contributed by atoms with E-state index >= 15 is 0 Å². The third kappa shape index (κ3) is 2.73. The average molecular weight is 223 g/mol. The van der Waals surface area contributed by atoms with E-state index in [9.17, 15) is 9.50 Å². The van der Waals surface area contributed by atoms with Gasteiger partial charge in [0, 0.05) is 5.56 Å². The van der Waals surface area contributed by atoms with Gasteiger partial charge in [0.1, 0.15) is 11.9 Å². The SMILES string of the molecule is Oc1ccccc1C(F)CC1CCCNC1. The predicted molar refractivity (Wildman–Crippen MR) is 62.2 cm³/mol. The number of benzene rings is 1. The molecule has 1 aromatic rings. The third-order valence-electron chi connectivity index (χ3n) is 3.21. The van der Waals surface area contributed by atoms with Gasteiger partial charge in [-0.25, -0.2) is 4.39 Å². The van der Waals surface area contributed by atoms with Crippen molar-refractivity contribution in [1.29, 1.82) is 0 Å². The molecule has 3 heteroatoms. The third-order valence-corrected chi connectivity index (χ3v) is 3.21. The molecule has 0 bridgehead atoms. The van der Waals surface area contributed by atoms with Gasteiger partial charge in [0.2, 0.25) is 0 Å². The van der Waals surface area contributed by atoms with E-state index in [0.717, 1.165) is 25.9 Å². The molecule has 0 amide bonds. The average Bonchev–Trinajstić information content (AvgIpc) is 2.31. The van der Waals surface area contributed by atoms with Crippen molar-refractivity contribution in [1.82, 2.24) is 5.32 Å². The zero-order chi connectivity index (χ0) is 11.4. The first-order chi connectivity index (χ1) is 7.77. The Hall–Kier alpha value is -1.09. The Bertz CT molecular complexity index is 336. The molecule has 1 fully saturated rings. The van der Waals surface area contributed by atoms with Crippen molar-refractivity contribution in [2.75, 3.05) is 13.1 Å². The van der Waals surface area contributed by atoms with Crippen molar-refractivity contribution < 1.29 is 9.50 Å². The van der Waals surface area contributed by atoms with Crippen LogP contribution in [0, 0.1) is 5.92 Å². The lowest BCUT2D eigenvalue weighted by Gasteiger charge is -2.24. The number of phenols is 1. The minimum Gasteiger partial charge on any atom is -0.508 e. The molecule has 2 nitrogen and oxygen atoms in total. The number of aromatic hydroxyl groups is 1. The minimum absolute atomic E-state index is 0.0683. The molecule has 2 atom stereocenters. The quantitative estimate of drug-likeness (QED) is 0.825. The van der Waals surface area contributed by atoms with Crippen molar-refractivity contribution in [2.24, 2.45) is 5.92 Å². The van der Waals surface area contributed by atoms with E-state index in [1.807, 2.05) is 0 Å². The zero-order valence-corrected chi connectivity index (χ0v) is 9.32. The Balaban J connectivity index is 1.96. The predicted octanol–water partition coefficient (Wildman–Crippen LogP) is 2.79. The molecular formula is C13H18FNO. The largest absolute Gasteiger partial charge is 0.508 e. The fourth-order valence-electron chi connectivity index (χ4n) is 2.30. The molecule has 1 saturated heterocycles. The normalized spacial score (nSPS) is 22.9. The van der Waals surface area contributed by atoms with Crippen LogP contribution >= 0.6 is 0 Å². The highest BCUT2D eigenvalue weighted by Crippen LogP contribution is 2.33. The molecule has 0 aromatic heterocycles. The molecule has 1 aromatic carbocycles. The molecular weight excluding hydrogens is 205 g/mol. The standard InChI is InChI=1S/C13H18FNO/c14-12(8-10-4-3-7-15-9-10)11-5-1-2-6-13(11)16/h1-2,5-6,10,12,15-16H,3-4,7-9H2. The first-order valence-electron chi connectivity index (χ1n) is 5.90. The summed E-state index contributed by atoms with van der Waals surface area (Å²) in [6, 6.07) is 6.69. The number of alkyl halides is 1. The molecule has 0 radical (unpaired) electrons. The Labute approximate surface area is 95.5 Å². The number of piperidine rings is 1. The van der Waals surface area contributed by atoms with Gasteiger partial charge >= 0.3 is 0 Å². The van der Waals surface area contributed by atoms with Gasteiger partial charge in [-0.15, -0.1) is 0 Å². The maximum atomic E-state index is 14.0. The number of halogens is 1. The second kappa shape index (κ2) is 5.30. The van der Waals surface area contributed by atoms with Gasteiger partial charge in [0.15, 0.2) is 0 Å². The lowest BCUT2D eigenvalue weighted by molar-refractivity contribution is 0.238. The molecule has 0 spiro atoms. The van der Waals surface area contributed by atoms with E-state index < -0.39 is 6.17 Å². The van der Waals surface area contributed by atoms with Crippen LogP contribution in [0.5, 0.6) is 5.75 Å². The maximum Gasteiger partial charge on any atom is 0.129 e. The molecule has 1 heterocycles. The van der Waals surface area contributed by atoms with Crippen LogP contribution in [0.4, 0.5) is 4.39 Å². The number of rotatable bonds is 3.